The van der Waals surface area contributed by atoms with Crippen LogP contribution in [0, 0.1) is 0 Å². The van der Waals surface area contributed by atoms with Crippen molar-refractivity contribution in [1.82, 2.24) is 15.3 Å². The zero-order valence-corrected chi connectivity index (χ0v) is 6.63. The van der Waals surface area contributed by atoms with E-state index in [0.29, 0.717) is 18.7 Å². The molecule has 1 N–H and O–H groups in total. The van der Waals surface area contributed by atoms with Crippen LogP contribution in [0.25, 0.3) is 0 Å². The average Bonchev–Trinajstić information content (AvgIpc) is 2.55. The molecule has 0 saturated carbocycles. The van der Waals surface area contributed by atoms with Crippen molar-refractivity contribution in [2.24, 2.45) is 0 Å². The molecule has 1 fully saturated rings. The Kier molecular flexibility index (Phi) is 1.77. The van der Waals surface area contributed by atoms with E-state index in [0.717, 1.165) is 6.54 Å². The number of rotatable bonds is 1. The highest BCUT2D eigenvalue weighted by molar-refractivity contribution is 5.13. The lowest BCUT2D eigenvalue weighted by atomic mass is 10.0. The molecule has 0 aliphatic carbocycles. The first-order valence-electron chi connectivity index (χ1n) is 3.97. The highest BCUT2D eigenvalue weighted by Crippen LogP contribution is 2.29. The molecule has 0 bridgehead atoms. The van der Waals surface area contributed by atoms with Crippen molar-refractivity contribution in [3.63, 3.8) is 0 Å². The molecule has 0 aromatic carbocycles. The Labute approximate surface area is 70.0 Å². The second-order valence-corrected chi connectivity index (χ2v) is 2.99. The molecule has 0 radical (unpaired) electrons. The number of nitrogens with one attached hydrogen (secondary N) is 1. The van der Waals surface area contributed by atoms with Gasteiger partial charge in [0.1, 0.15) is 6.33 Å². The molecule has 1 atom stereocenters. The van der Waals surface area contributed by atoms with E-state index >= 15 is 0 Å². The number of hydrogen-bond acceptors (Lipinski definition) is 3. The van der Waals surface area contributed by atoms with Gasteiger partial charge in [0.05, 0.1) is 5.69 Å². The maximum Gasteiger partial charge on any atom is 0.166 e. The highest BCUT2D eigenvalue weighted by Gasteiger charge is 2.36. The molecule has 2 heterocycles. The molecule has 64 valence electrons. The van der Waals surface area contributed by atoms with E-state index in [-0.39, 0.29) is 0 Å². The van der Waals surface area contributed by atoms with Crippen LogP contribution in [0.3, 0.4) is 0 Å². The average molecular weight is 167 g/mol. The number of alkyl halides is 1. The lowest BCUT2D eigenvalue weighted by molar-refractivity contribution is 0.186. The van der Waals surface area contributed by atoms with E-state index in [1.54, 1.807) is 12.3 Å². The highest BCUT2D eigenvalue weighted by atomic mass is 19.1. The SMILES string of the molecule is FC1(c2ccncn2)CCNC1. The smallest absolute Gasteiger partial charge is 0.166 e. The topological polar surface area (TPSA) is 37.8 Å². The molecule has 0 amide bonds. The van der Waals surface area contributed by atoms with Gasteiger partial charge in [-0.3, -0.25) is 0 Å². The van der Waals surface area contributed by atoms with Gasteiger partial charge >= 0.3 is 0 Å². The molecule has 1 saturated heterocycles. The van der Waals surface area contributed by atoms with Crippen LogP contribution >= 0.6 is 0 Å². The fourth-order valence-electron chi connectivity index (χ4n) is 1.44. The Hall–Kier alpha value is -1.03. The van der Waals surface area contributed by atoms with Gasteiger partial charge in [-0.15, -0.1) is 0 Å². The molecule has 1 aliphatic rings. The van der Waals surface area contributed by atoms with Crippen LogP contribution in [-0.2, 0) is 5.67 Å². The van der Waals surface area contributed by atoms with Crippen molar-refractivity contribution in [1.29, 1.82) is 0 Å². The van der Waals surface area contributed by atoms with Gasteiger partial charge in [-0.2, -0.15) is 0 Å². The minimum absolute atomic E-state index is 0.365. The van der Waals surface area contributed by atoms with Gasteiger partial charge in [0.2, 0.25) is 0 Å². The van der Waals surface area contributed by atoms with E-state index < -0.39 is 5.67 Å². The van der Waals surface area contributed by atoms with E-state index in [2.05, 4.69) is 15.3 Å². The number of aromatic nitrogens is 2. The van der Waals surface area contributed by atoms with Crippen LogP contribution in [0.2, 0.25) is 0 Å². The molecular formula is C8H10FN3. The summed E-state index contributed by atoms with van der Waals surface area (Å²) in [4.78, 5) is 7.66. The Balaban J connectivity index is 2.29. The second kappa shape index (κ2) is 2.79. The Morgan fingerprint density at radius 1 is 1.58 bits per heavy atom. The first-order valence-corrected chi connectivity index (χ1v) is 3.97. The van der Waals surface area contributed by atoms with Gasteiger partial charge in [-0.1, -0.05) is 0 Å². The van der Waals surface area contributed by atoms with Gasteiger partial charge in [-0.25, -0.2) is 14.4 Å². The lowest BCUT2D eigenvalue weighted by Gasteiger charge is -2.16. The van der Waals surface area contributed by atoms with Crippen molar-refractivity contribution in [2.45, 2.75) is 12.1 Å². The minimum Gasteiger partial charge on any atom is -0.313 e. The molecule has 12 heavy (non-hydrogen) atoms. The Bertz CT molecular complexity index is 256. The van der Waals surface area contributed by atoms with E-state index in [9.17, 15) is 4.39 Å². The van der Waals surface area contributed by atoms with Crippen LogP contribution in [0.4, 0.5) is 4.39 Å². The normalized spacial score (nSPS) is 29.1. The second-order valence-electron chi connectivity index (χ2n) is 2.99. The molecule has 4 heteroatoms. The number of halogens is 1. The third kappa shape index (κ3) is 1.18. The largest absolute Gasteiger partial charge is 0.313 e. The van der Waals surface area contributed by atoms with Gasteiger partial charge in [0.25, 0.3) is 0 Å². The van der Waals surface area contributed by atoms with Crippen molar-refractivity contribution < 1.29 is 4.39 Å². The maximum atomic E-state index is 13.9. The maximum absolute atomic E-state index is 13.9. The van der Waals surface area contributed by atoms with Crippen molar-refractivity contribution in [2.75, 3.05) is 13.1 Å². The summed E-state index contributed by atoms with van der Waals surface area (Å²) in [5.74, 6) is 0. The third-order valence-corrected chi connectivity index (χ3v) is 2.14. The zero-order valence-electron chi connectivity index (χ0n) is 6.63. The molecule has 0 spiro atoms. The quantitative estimate of drug-likeness (QED) is 0.666. The van der Waals surface area contributed by atoms with E-state index in [4.69, 9.17) is 0 Å². The summed E-state index contributed by atoms with van der Waals surface area (Å²) in [5, 5.41) is 2.98. The van der Waals surface area contributed by atoms with Crippen molar-refractivity contribution in [3.8, 4) is 0 Å². The standard InChI is InChI=1S/C8H10FN3/c9-8(2-4-10-5-8)7-1-3-11-6-12-7/h1,3,6,10H,2,4-5H2. The summed E-state index contributed by atoms with van der Waals surface area (Å²) < 4.78 is 13.9. The number of hydrogen-bond donors (Lipinski definition) is 1. The van der Waals surface area contributed by atoms with Crippen LogP contribution in [0.15, 0.2) is 18.6 Å². The molecule has 1 aromatic heterocycles. The predicted molar refractivity (Wildman–Crippen MR) is 42.3 cm³/mol. The zero-order chi connectivity index (χ0) is 8.44. The summed E-state index contributed by atoms with van der Waals surface area (Å²) in [7, 11) is 0. The van der Waals surface area contributed by atoms with Crippen LogP contribution in [0.5, 0.6) is 0 Å². The summed E-state index contributed by atoms with van der Waals surface area (Å²) in [6, 6.07) is 1.63. The van der Waals surface area contributed by atoms with Crippen LogP contribution in [-0.4, -0.2) is 23.1 Å². The minimum atomic E-state index is -1.27. The Morgan fingerprint density at radius 3 is 3.08 bits per heavy atom. The summed E-state index contributed by atoms with van der Waals surface area (Å²) in [6.45, 7) is 1.09. The number of nitrogens with zero attached hydrogens (tertiary/aromatic N) is 2. The van der Waals surface area contributed by atoms with Gasteiger partial charge in [0, 0.05) is 19.2 Å². The van der Waals surface area contributed by atoms with Gasteiger partial charge in [-0.05, 0) is 12.6 Å². The molecule has 1 aliphatic heterocycles. The molecular weight excluding hydrogens is 157 g/mol. The Morgan fingerprint density at radius 2 is 2.50 bits per heavy atom. The predicted octanol–water partition coefficient (Wildman–Crippen LogP) is 0.635. The molecule has 1 aromatic rings. The van der Waals surface area contributed by atoms with E-state index in [1.165, 1.54) is 6.33 Å². The van der Waals surface area contributed by atoms with Crippen LogP contribution < -0.4 is 5.32 Å². The fraction of sp³-hybridized carbons (Fsp3) is 0.500. The molecule has 2 rings (SSSR count). The monoisotopic (exact) mass is 167 g/mol. The third-order valence-electron chi connectivity index (χ3n) is 2.14. The summed E-state index contributed by atoms with van der Waals surface area (Å²) in [6.07, 6.45) is 3.46. The fourth-order valence-corrected chi connectivity index (χ4v) is 1.44. The molecule has 1 unspecified atom stereocenters. The first kappa shape index (κ1) is 7.61. The summed E-state index contributed by atoms with van der Waals surface area (Å²) in [5.41, 5.74) is -0.786. The summed E-state index contributed by atoms with van der Waals surface area (Å²) >= 11 is 0. The molecule has 3 nitrogen and oxygen atoms in total. The lowest BCUT2D eigenvalue weighted by Crippen LogP contribution is -2.24. The van der Waals surface area contributed by atoms with Gasteiger partial charge in [0.15, 0.2) is 5.67 Å². The van der Waals surface area contributed by atoms with Crippen molar-refractivity contribution in [3.05, 3.63) is 24.3 Å². The van der Waals surface area contributed by atoms with Crippen LogP contribution in [0.1, 0.15) is 12.1 Å². The van der Waals surface area contributed by atoms with E-state index in [1.807, 2.05) is 0 Å². The van der Waals surface area contributed by atoms with Gasteiger partial charge < -0.3 is 5.32 Å². The van der Waals surface area contributed by atoms with Crippen molar-refractivity contribution >= 4 is 0 Å². The first-order chi connectivity index (χ1) is 5.81.